The van der Waals surface area contributed by atoms with Gasteiger partial charge in [0, 0.05) is 27.2 Å². The van der Waals surface area contributed by atoms with Crippen molar-refractivity contribution in [1.82, 2.24) is 15.2 Å². The smallest absolute Gasteiger partial charge is 0.249 e. The van der Waals surface area contributed by atoms with Gasteiger partial charge in [0.05, 0.1) is 29.5 Å². The molecular weight excluding hydrogens is 479 g/mol. The summed E-state index contributed by atoms with van der Waals surface area (Å²) in [4.78, 5) is 6.67. The molecule has 3 atom stereocenters. The maximum Gasteiger partial charge on any atom is 0.249 e. The highest BCUT2D eigenvalue weighted by molar-refractivity contribution is 7.92. The zero-order chi connectivity index (χ0) is 22.9. The summed E-state index contributed by atoms with van der Waals surface area (Å²) in [5.74, 6) is 2.23. The van der Waals surface area contributed by atoms with Crippen molar-refractivity contribution >= 4 is 45.7 Å². The second-order valence-corrected chi connectivity index (χ2v) is 10.4. The summed E-state index contributed by atoms with van der Waals surface area (Å²) in [6.07, 6.45) is 2.23. The minimum absolute atomic E-state index is 0. The SMILES string of the molecule is COCCN(CC1CC1C)c1cc(-c2nnc(C(C)N)o2)c(Cl)c(N(C)S(C)(=O)=O)n1.Cl. The van der Waals surface area contributed by atoms with E-state index in [1.54, 1.807) is 20.1 Å². The molecule has 2 aromatic rings. The van der Waals surface area contributed by atoms with Crippen molar-refractivity contribution in [2.75, 3.05) is 49.3 Å². The van der Waals surface area contributed by atoms with E-state index in [1.807, 2.05) is 0 Å². The first kappa shape index (κ1) is 26.6. The lowest BCUT2D eigenvalue weighted by Gasteiger charge is -2.26. The van der Waals surface area contributed by atoms with Gasteiger partial charge in [-0.05, 0) is 31.2 Å². The Kier molecular flexibility index (Phi) is 8.74. The Balaban J connectivity index is 0.00000363. The molecule has 32 heavy (non-hydrogen) atoms. The molecular formula is C19H30Cl2N6O4S. The van der Waals surface area contributed by atoms with E-state index in [-0.39, 0.29) is 35.0 Å². The van der Waals surface area contributed by atoms with Crippen LogP contribution >= 0.6 is 24.0 Å². The Bertz CT molecular complexity index is 1030. The normalized spacial score (nSPS) is 18.7. The first-order chi connectivity index (χ1) is 14.5. The summed E-state index contributed by atoms with van der Waals surface area (Å²) in [5, 5.41) is 8.12. The molecule has 3 rings (SSSR count). The Morgan fingerprint density at radius 3 is 2.56 bits per heavy atom. The van der Waals surface area contributed by atoms with Crippen molar-refractivity contribution in [2.24, 2.45) is 17.6 Å². The standard InChI is InChI=1S/C19H29ClN6O4S.ClH/c1-11-8-13(11)10-26(6-7-29-4)15-9-14(19-24-23-18(30-19)12(2)21)16(20)17(22-15)25(3)31(5,27)28;/h9,11-13H,6-8,10,21H2,1-5H3;1H. The first-order valence-corrected chi connectivity index (χ1v) is 12.2. The van der Waals surface area contributed by atoms with E-state index in [9.17, 15) is 8.42 Å². The zero-order valence-electron chi connectivity index (χ0n) is 18.8. The summed E-state index contributed by atoms with van der Waals surface area (Å²) < 4.78 is 36.5. The van der Waals surface area contributed by atoms with Gasteiger partial charge in [-0.3, -0.25) is 4.31 Å². The molecule has 180 valence electrons. The monoisotopic (exact) mass is 508 g/mol. The van der Waals surface area contributed by atoms with Crippen molar-refractivity contribution in [3.63, 3.8) is 0 Å². The predicted molar refractivity (Wildman–Crippen MR) is 127 cm³/mol. The van der Waals surface area contributed by atoms with Gasteiger partial charge in [0.2, 0.25) is 21.8 Å². The largest absolute Gasteiger partial charge is 0.419 e. The molecule has 0 amide bonds. The van der Waals surface area contributed by atoms with Gasteiger partial charge in [-0.1, -0.05) is 18.5 Å². The number of sulfonamides is 1. The quantitative estimate of drug-likeness (QED) is 0.514. The van der Waals surface area contributed by atoms with Crippen LogP contribution in [0.3, 0.4) is 0 Å². The van der Waals surface area contributed by atoms with Crippen LogP contribution in [0.5, 0.6) is 0 Å². The van der Waals surface area contributed by atoms with E-state index in [2.05, 4.69) is 27.0 Å². The maximum absolute atomic E-state index is 12.2. The topological polar surface area (TPSA) is 128 Å². The third-order valence-electron chi connectivity index (χ3n) is 5.40. The average Bonchev–Trinajstić information content (AvgIpc) is 3.17. The maximum atomic E-state index is 12.2. The molecule has 0 radical (unpaired) electrons. The molecule has 0 saturated heterocycles. The van der Waals surface area contributed by atoms with Crippen LogP contribution in [0.25, 0.3) is 11.5 Å². The highest BCUT2D eigenvalue weighted by atomic mass is 35.5. The van der Waals surface area contributed by atoms with Gasteiger partial charge in [-0.2, -0.15) is 0 Å². The molecule has 13 heteroatoms. The van der Waals surface area contributed by atoms with Gasteiger partial charge < -0.3 is 19.8 Å². The predicted octanol–water partition coefficient (Wildman–Crippen LogP) is 2.73. The molecule has 3 unspecified atom stereocenters. The fourth-order valence-corrected chi connectivity index (χ4v) is 3.95. The lowest BCUT2D eigenvalue weighted by Crippen LogP contribution is -2.32. The minimum Gasteiger partial charge on any atom is -0.419 e. The number of hydrogen-bond donors (Lipinski definition) is 1. The lowest BCUT2D eigenvalue weighted by atomic mass is 10.2. The van der Waals surface area contributed by atoms with Gasteiger partial charge in [-0.15, -0.1) is 22.6 Å². The van der Waals surface area contributed by atoms with Crippen LogP contribution in [0.4, 0.5) is 11.6 Å². The van der Waals surface area contributed by atoms with Gasteiger partial charge in [0.1, 0.15) is 5.82 Å². The summed E-state index contributed by atoms with van der Waals surface area (Å²) in [5.41, 5.74) is 6.23. The van der Waals surface area contributed by atoms with Crippen molar-refractivity contribution in [2.45, 2.75) is 26.3 Å². The van der Waals surface area contributed by atoms with Crippen molar-refractivity contribution in [3.05, 3.63) is 17.0 Å². The first-order valence-electron chi connectivity index (χ1n) is 10.0. The van der Waals surface area contributed by atoms with Crippen molar-refractivity contribution < 1.29 is 17.6 Å². The van der Waals surface area contributed by atoms with Crippen LogP contribution in [0.1, 0.15) is 32.2 Å². The van der Waals surface area contributed by atoms with Gasteiger partial charge in [0.25, 0.3) is 0 Å². The molecule has 0 spiro atoms. The average molecular weight is 509 g/mol. The molecule has 2 aromatic heterocycles. The van der Waals surface area contributed by atoms with Gasteiger partial charge in [-0.25, -0.2) is 13.4 Å². The minimum atomic E-state index is -3.61. The van der Waals surface area contributed by atoms with E-state index in [4.69, 9.17) is 26.5 Å². The van der Waals surface area contributed by atoms with Gasteiger partial charge >= 0.3 is 0 Å². The Morgan fingerprint density at radius 2 is 2.06 bits per heavy atom. The molecule has 1 fully saturated rings. The summed E-state index contributed by atoms with van der Waals surface area (Å²) in [7, 11) is -0.570. The number of rotatable bonds is 10. The number of nitrogens with zero attached hydrogens (tertiary/aromatic N) is 5. The number of aromatic nitrogens is 3. The van der Waals surface area contributed by atoms with Crippen LogP contribution in [-0.2, 0) is 14.8 Å². The fourth-order valence-electron chi connectivity index (χ4n) is 3.15. The summed E-state index contributed by atoms with van der Waals surface area (Å²) >= 11 is 6.58. The Morgan fingerprint density at radius 1 is 1.41 bits per heavy atom. The highest BCUT2D eigenvalue weighted by Crippen LogP contribution is 2.41. The fraction of sp³-hybridized carbons (Fsp3) is 0.632. The molecule has 10 nitrogen and oxygen atoms in total. The third kappa shape index (κ3) is 6.02. The summed E-state index contributed by atoms with van der Waals surface area (Å²) in [6.45, 7) is 5.79. The molecule has 0 aliphatic heterocycles. The molecule has 0 aromatic carbocycles. The molecule has 1 saturated carbocycles. The number of nitrogens with two attached hydrogens (primary N) is 1. The number of pyridine rings is 1. The van der Waals surface area contributed by atoms with E-state index in [0.717, 1.165) is 23.5 Å². The number of hydrogen-bond acceptors (Lipinski definition) is 9. The zero-order valence-corrected chi connectivity index (χ0v) is 21.2. The second kappa shape index (κ2) is 10.5. The number of anilines is 2. The Labute approximate surface area is 199 Å². The van der Waals surface area contributed by atoms with Crippen LogP contribution in [0.15, 0.2) is 10.5 Å². The highest BCUT2D eigenvalue weighted by Gasteiger charge is 2.35. The lowest BCUT2D eigenvalue weighted by molar-refractivity contribution is 0.204. The number of halogens is 2. The summed E-state index contributed by atoms with van der Waals surface area (Å²) in [6, 6.07) is 1.29. The van der Waals surface area contributed by atoms with E-state index in [0.29, 0.717) is 36.4 Å². The number of ether oxygens (including phenoxy) is 1. The Hall–Kier alpha value is -1.66. The van der Waals surface area contributed by atoms with Crippen LogP contribution < -0.4 is 14.9 Å². The second-order valence-electron chi connectivity index (χ2n) is 8.04. The molecule has 1 aliphatic rings. The van der Waals surface area contributed by atoms with E-state index >= 15 is 0 Å². The molecule has 2 N–H and O–H groups in total. The van der Waals surface area contributed by atoms with Crippen molar-refractivity contribution in [3.8, 4) is 11.5 Å². The molecule has 0 bridgehead atoms. The van der Waals surface area contributed by atoms with E-state index in [1.165, 1.54) is 7.05 Å². The number of methoxy groups -OCH3 is 1. The van der Waals surface area contributed by atoms with Crippen LogP contribution in [-0.4, -0.2) is 63.7 Å². The third-order valence-corrected chi connectivity index (χ3v) is 6.94. The van der Waals surface area contributed by atoms with Gasteiger partial charge in [0.15, 0.2) is 5.82 Å². The van der Waals surface area contributed by atoms with Crippen LogP contribution in [0, 0.1) is 11.8 Å². The molecule has 1 aliphatic carbocycles. The van der Waals surface area contributed by atoms with E-state index < -0.39 is 16.1 Å². The van der Waals surface area contributed by atoms with Crippen molar-refractivity contribution in [1.29, 1.82) is 0 Å². The molecule has 2 heterocycles. The van der Waals surface area contributed by atoms with Crippen LogP contribution in [0.2, 0.25) is 5.02 Å².